The standard InChI is InChI=1S/C7H15NO.C6H13NO/c1-3-6-4-8(2)5-7(6)9;1-2-5-3-7-4-6(5)8/h6-7,9H,3-5H2,1-2H3;5-8H,2-4H2,1H3/t6-,7-;5-,6-/m11/s1. The average Bonchev–Trinajstić information content (AvgIpc) is 2.85. The van der Waals surface area contributed by atoms with Crippen LogP contribution >= 0.6 is 0 Å². The number of aliphatic hydroxyl groups is 2. The zero-order valence-electron chi connectivity index (χ0n) is 11.4. The second-order valence-corrected chi connectivity index (χ2v) is 5.35. The number of likely N-dealkylation sites (N-methyl/N-ethyl adjacent to an activating group) is 1. The Hall–Kier alpha value is -0.160. The van der Waals surface area contributed by atoms with Crippen LogP contribution in [-0.2, 0) is 0 Å². The molecule has 2 rings (SSSR count). The molecule has 0 radical (unpaired) electrons. The quantitative estimate of drug-likeness (QED) is 0.654. The van der Waals surface area contributed by atoms with Gasteiger partial charge in [-0.25, -0.2) is 0 Å². The Morgan fingerprint density at radius 2 is 1.65 bits per heavy atom. The van der Waals surface area contributed by atoms with Crippen molar-refractivity contribution in [1.82, 2.24) is 10.2 Å². The molecule has 102 valence electrons. The molecule has 4 nitrogen and oxygen atoms in total. The fraction of sp³-hybridized carbons (Fsp3) is 1.00. The van der Waals surface area contributed by atoms with Gasteiger partial charge in [-0.3, -0.25) is 0 Å². The van der Waals surface area contributed by atoms with Gasteiger partial charge in [0, 0.05) is 26.2 Å². The van der Waals surface area contributed by atoms with E-state index in [-0.39, 0.29) is 12.2 Å². The van der Waals surface area contributed by atoms with Gasteiger partial charge in [-0.1, -0.05) is 13.8 Å². The first-order valence-electron chi connectivity index (χ1n) is 6.83. The summed E-state index contributed by atoms with van der Waals surface area (Å²) in [6, 6.07) is 0. The van der Waals surface area contributed by atoms with Crippen molar-refractivity contribution in [3.63, 3.8) is 0 Å². The summed E-state index contributed by atoms with van der Waals surface area (Å²) in [7, 11) is 2.05. The zero-order chi connectivity index (χ0) is 12.8. The number of β-amino-alcohol motifs (C(OH)–C–C–N with tert-alkyl or cyclic N) is 2. The smallest absolute Gasteiger partial charge is 0.0707 e. The van der Waals surface area contributed by atoms with Gasteiger partial charge < -0.3 is 20.4 Å². The normalized spacial score (nSPS) is 37.9. The maximum absolute atomic E-state index is 9.32. The highest BCUT2D eigenvalue weighted by atomic mass is 16.3. The molecule has 2 aliphatic rings. The van der Waals surface area contributed by atoms with Crippen LogP contribution < -0.4 is 5.32 Å². The number of nitrogens with zero attached hydrogens (tertiary/aromatic N) is 1. The van der Waals surface area contributed by atoms with Crippen LogP contribution in [0.15, 0.2) is 0 Å². The maximum Gasteiger partial charge on any atom is 0.0707 e. The summed E-state index contributed by atoms with van der Waals surface area (Å²) in [5.41, 5.74) is 0. The fourth-order valence-corrected chi connectivity index (χ4v) is 2.60. The Morgan fingerprint density at radius 3 is 1.88 bits per heavy atom. The minimum Gasteiger partial charge on any atom is -0.391 e. The molecule has 0 aromatic carbocycles. The van der Waals surface area contributed by atoms with Crippen LogP contribution in [-0.4, -0.2) is 60.5 Å². The molecule has 0 bridgehead atoms. The van der Waals surface area contributed by atoms with Gasteiger partial charge in [-0.05, 0) is 31.7 Å². The van der Waals surface area contributed by atoms with E-state index in [9.17, 15) is 5.11 Å². The van der Waals surface area contributed by atoms with Crippen LogP contribution in [0.3, 0.4) is 0 Å². The topological polar surface area (TPSA) is 55.7 Å². The van der Waals surface area contributed by atoms with Crippen molar-refractivity contribution >= 4 is 0 Å². The van der Waals surface area contributed by atoms with E-state index in [1.165, 1.54) is 0 Å². The zero-order valence-corrected chi connectivity index (χ0v) is 11.4. The monoisotopic (exact) mass is 244 g/mol. The summed E-state index contributed by atoms with van der Waals surface area (Å²) in [5.74, 6) is 1.03. The Balaban J connectivity index is 0.000000171. The number of likely N-dealkylation sites (tertiary alicyclic amines) is 1. The number of hydrogen-bond donors (Lipinski definition) is 3. The lowest BCUT2D eigenvalue weighted by molar-refractivity contribution is 0.141. The summed E-state index contributed by atoms with van der Waals surface area (Å²) in [6.07, 6.45) is 2.04. The third-order valence-electron chi connectivity index (χ3n) is 3.94. The minimum absolute atomic E-state index is 0.0694. The third-order valence-corrected chi connectivity index (χ3v) is 3.94. The number of rotatable bonds is 2. The van der Waals surface area contributed by atoms with Gasteiger partial charge >= 0.3 is 0 Å². The van der Waals surface area contributed by atoms with E-state index >= 15 is 0 Å². The third kappa shape index (κ3) is 4.54. The highest BCUT2D eigenvalue weighted by Gasteiger charge is 2.26. The molecule has 0 aromatic heterocycles. The van der Waals surface area contributed by atoms with E-state index in [1.807, 2.05) is 0 Å². The second-order valence-electron chi connectivity index (χ2n) is 5.35. The van der Waals surface area contributed by atoms with Crippen LogP contribution in [0, 0.1) is 11.8 Å². The summed E-state index contributed by atoms with van der Waals surface area (Å²) in [6.45, 7) is 7.96. The van der Waals surface area contributed by atoms with Crippen molar-refractivity contribution in [2.45, 2.75) is 38.9 Å². The largest absolute Gasteiger partial charge is 0.391 e. The predicted molar refractivity (Wildman–Crippen MR) is 69.9 cm³/mol. The molecule has 0 aliphatic carbocycles. The van der Waals surface area contributed by atoms with E-state index in [0.29, 0.717) is 11.8 Å². The Labute approximate surface area is 105 Å². The van der Waals surface area contributed by atoms with Crippen molar-refractivity contribution in [3.05, 3.63) is 0 Å². The van der Waals surface area contributed by atoms with Gasteiger partial charge in [-0.15, -0.1) is 0 Å². The van der Waals surface area contributed by atoms with E-state index in [1.54, 1.807) is 0 Å². The van der Waals surface area contributed by atoms with Crippen LogP contribution in [0.25, 0.3) is 0 Å². The lowest BCUT2D eigenvalue weighted by atomic mass is 10.0. The minimum atomic E-state index is -0.0833. The highest BCUT2D eigenvalue weighted by Crippen LogP contribution is 2.17. The first-order valence-corrected chi connectivity index (χ1v) is 6.83. The van der Waals surface area contributed by atoms with Crippen LogP contribution in [0.4, 0.5) is 0 Å². The molecule has 0 spiro atoms. The Kier molecular flexibility index (Phi) is 6.41. The number of hydrogen-bond acceptors (Lipinski definition) is 4. The molecule has 2 fully saturated rings. The lowest BCUT2D eigenvalue weighted by Gasteiger charge is -2.08. The van der Waals surface area contributed by atoms with Gasteiger partial charge in [0.05, 0.1) is 12.2 Å². The van der Waals surface area contributed by atoms with E-state index in [0.717, 1.165) is 39.0 Å². The molecule has 2 aliphatic heterocycles. The van der Waals surface area contributed by atoms with Crippen molar-refractivity contribution in [3.8, 4) is 0 Å². The molecule has 17 heavy (non-hydrogen) atoms. The molecule has 0 saturated carbocycles. The first-order chi connectivity index (χ1) is 8.08. The van der Waals surface area contributed by atoms with E-state index < -0.39 is 0 Å². The summed E-state index contributed by atoms with van der Waals surface area (Å²) < 4.78 is 0. The van der Waals surface area contributed by atoms with Gasteiger partial charge in [-0.2, -0.15) is 0 Å². The molecule has 4 heteroatoms. The summed E-state index contributed by atoms with van der Waals surface area (Å²) >= 11 is 0. The molecule has 4 atom stereocenters. The molecule has 2 saturated heterocycles. The van der Waals surface area contributed by atoms with Gasteiger partial charge in [0.2, 0.25) is 0 Å². The van der Waals surface area contributed by atoms with Crippen LogP contribution in [0.5, 0.6) is 0 Å². The summed E-state index contributed by atoms with van der Waals surface area (Å²) in [4.78, 5) is 2.18. The molecule has 0 amide bonds. The predicted octanol–water partition coefficient (Wildman–Crippen LogP) is 0.296. The maximum atomic E-state index is 9.32. The molecular formula is C13H28N2O2. The van der Waals surface area contributed by atoms with Crippen molar-refractivity contribution in [2.75, 3.05) is 33.2 Å². The van der Waals surface area contributed by atoms with Gasteiger partial charge in [0.15, 0.2) is 0 Å². The van der Waals surface area contributed by atoms with Crippen LogP contribution in [0.1, 0.15) is 26.7 Å². The molecule has 3 N–H and O–H groups in total. The van der Waals surface area contributed by atoms with Crippen molar-refractivity contribution in [1.29, 1.82) is 0 Å². The van der Waals surface area contributed by atoms with Crippen molar-refractivity contribution < 1.29 is 10.2 Å². The van der Waals surface area contributed by atoms with Gasteiger partial charge in [0.1, 0.15) is 0 Å². The SMILES string of the molecule is CC[C@@H]1CN(C)C[C@H]1O.CC[C@@H]1CNC[C@H]1O. The molecule has 0 unspecified atom stereocenters. The Morgan fingerprint density at radius 1 is 1.00 bits per heavy atom. The van der Waals surface area contributed by atoms with Crippen molar-refractivity contribution in [2.24, 2.45) is 11.8 Å². The molecule has 0 aromatic rings. The molecular weight excluding hydrogens is 216 g/mol. The summed E-state index contributed by atoms with van der Waals surface area (Å²) in [5, 5.41) is 21.6. The number of aliphatic hydroxyl groups excluding tert-OH is 2. The first kappa shape index (κ1) is 14.9. The Bertz CT molecular complexity index is 214. The molecule has 2 heterocycles. The van der Waals surface area contributed by atoms with Gasteiger partial charge in [0.25, 0.3) is 0 Å². The fourth-order valence-electron chi connectivity index (χ4n) is 2.60. The van der Waals surface area contributed by atoms with E-state index in [4.69, 9.17) is 5.11 Å². The number of nitrogens with one attached hydrogen (secondary N) is 1. The average molecular weight is 244 g/mol. The lowest BCUT2D eigenvalue weighted by Crippen LogP contribution is -2.17. The highest BCUT2D eigenvalue weighted by molar-refractivity contribution is 4.80. The van der Waals surface area contributed by atoms with E-state index in [2.05, 4.69) is 31.1 Å². The second kappa shape index (κ2) is 7.31. The van der Waals surface area contributed by atoms with Crippen LogP contribution in [0.2, 0.25) is 0 Å².